The van der Waals surface area contributed by atoms with Crippen molar-refractivity contribution in [2.75, 3.05) is 0 Å². The molecule has 1 atom stereocenters. The molecular weight excluding hydrogens is 340 g/mol. The fourth-order valence-corrected chi connectivity index (χ4v) is 4.28. The predicted octanol–water partition coefficient (Wildman–Crippen LogP) is 7.36. The van der Waals surface area contributed by atoms with Gasteiger partial charge in [-0.1, -0.05) is 62.3 Å². The Kier molecular flexibility index (Phi) is 9.26. The Morgan fingerprint density at radius 1 is 0.704 bits per heavy atom. The summed E-state index contributed by atoms with van der Waals surface area (Å²) in [6.45, 7) is 19.8. The molecule has 0 aliphatic heterocycles. The van der Waals surface area contributed by atoms with Crippen molar-refractivity contribution in [2.45, 2.75) is 137 Å². The molecule has 4 nitrogen and oxygen atoms in total. The Labute approximate surface area is 168 Å². The van der Waals surface area contributed by atoms with Gasteiger partial charge in [-0.2, -0.15) is 9.78 Å². The van der Waals surface area contributed by atoms with Gasteiger partial charge in [0.15, 0.2) is 0 Å². The van der Waals surface area contributed by atoms with Crippen LogP contribution in [0.2, 0.25) is 0 Å². The largest absolute Gasteiger partial charge is 0.236 e. The molecule has 0 aromatic heterocycles. The van der Waals surface area contributed by atoms with E-state index in [1.165, 1.54) is 0 Å². The van der Waals surface area contributed by atoms with Gasteiger partial charge >= 0.3 is 0 Å². The van der Waals surface area contributed by atoms with Crippen LogP contribution in [0.25, 0.3) is 0 Å². The molecule has 0 aromatic carbocycles. The third kappa shape index (κ3) is 5.91. The van der Waals surface area contributed by atoms with Crippen molar-refractivity contribution in [1.29, 1.82) is 0 Å². The lowest BCUT2D eigenvalue weighted by molar-refractivity contribution is -0.563. The summed E-state index contributed by atoms with van der Waals surface area (Å²) in [5.74, 6) is -0.654. The van der Waals surface area contributed by atoms with Crippen LogP contribution in [0.15, 0.2) is 0 Å². The van der Waals surface area contributed by atoms with Crippen LogP contribution in [0.4, 0.5) is 0 Å². The molecular formula is C23H46O4. The van der Waals surface area contributed by atoms with E-state index in [0.29, 0.717) is 0 Å². The van der Waals surface area contributed by atoms with Crippen molar-refractivity contribution in [2.24, 2.45) is 11.3 Å². The first-order chi connectivity index (χ1) is 12.6. The van der Waals surface area contributed by atoms with Crippen LogP contribution in [0.5, 0.6) is 0 Å². The van der Waals surface area contributed by atoms with E-state index >= 15 is 0 Å². The molecule has 0 radical (unpaired) electrons. The predicted molar refractivity (Wildman–Crippen MR) is 111 cm³/mol. The molecule has 1 saturated carbocycles. The molecule has 0 spiro atoms. The molecule has 0 heterocycles. The van der Waals surface area contributed by atoms with Crippen molar-refractivity contribution < 1.29 is 19.6 Å². The first-order valence-corrected chi connectivity index (χ1v) is 11.3. The Morgan fingerprint density at radius 2 is 1.07 bits per heavy atom. The Morgan fingerprint density at radius 3 is 1.37 bits per heavy atom. The van der Waals surface area contributed by atoms with Gasteiger partial charge in [0.1, 0.15) is 11.2 Å². The molecule has 0 saturated heterocycles. The molecule has 1 fully saturated rings. The van der Waals surface area contributed by atoms with Crippen molar-refractivity contribution in [3.8, 4) is 0 Å². The average molecular weight is 387 g/mol. The zero-order valence-electron chi connectivity index (χ0n) is 19.6. The maximum Gasteiger partial charge on any atom is 0.236 e. The molecule has 1 rings (SSSR count). The maximum atomic E-state index is 6.20. The van der Waals surface area contributed by atoms with Crippen LogP contribution in [-0.2, 0) is 19.6 Å². The number of hydrogen-bond acceptors (Lipinski definition) is 4. The van der Waals surface area contributed by atoms with Gasteiger partial charge in [-0.05, 0) is 56.8 Å². The van der Waals surface area contributed by atoms with Crippen LogP contribution < -0.4 is 0 Å². The van der Waals surface area contributed by atoms with Gasteiger partial charge in [-0.15, -0.1) is 0 Å². The molecule has 162 valence electrons. The molecule has 0 bridgehead atoms. The van der Waals surface area contributed by atoms with Crippen molar-refractivity contribution in [1.82, 2.24) is 0 Å². The quantitative estimate of drug-likeness (QED) is 0.199. The monoisotopic (exact) mass is 386 g/mol. The van der Waals surface area contributed by atoms with E-state index in [-0.39, 0.29) is 22.5 Å². The highest BCUT2D eigenvalue weighted by atomic mass is 17.3. The fraction of sp³-hybridized carbons (Fsp3) is 1.00. The average Bonchev–Trinajstić information content (AvgIpc) is 2.67. The van der Waals surface area contributed by atoms with E-state index in [4.69, 9.17) is 19.6 Å². The summed E-state index contributed by atoms with van der Waals surface area (Å²) < 4.78 is 0. The van der Waals surface area contributed by atoms with Crippen molar-refractivity contribution >= 4 is 0 Å². The lowest BCUT2D eigenvalue weighted by Crippen LogP contribution is -2.51. The third-order valence-electron chi connectivity index (χ3n) is 7.34. The Hall–Kier alpha value is -0.160. The van der Waals surface area contributed by atoms with Crippen molar-refractivity contribution in [3.63, 3.8) is 0 Å². The van der Waals surface area contributed by atoms with E-state index in [2.05, 4.69) is 62.3 Å². The minimum Gasteiger partial charge on any atom is -0.227 e. The summed E-state index contributed by atoms with van der Waals surface area (Å²) in [6, 6.07) is 0. The topological polar surface area (TPSA) is 36.9 Å². The summed E-state index contributed by atoms with van der Waals surface area (Å²) in [4.78, 5) is 24.6. The van der Waals surface area contributed by atoms with Gasteiger partial charge in [-0.3, -0.25) is 0 Å². The second-order valence-electron chi connectivity index (χ2n) is 9.40. The van der Waals surface area contributed by atoms with E-state index in [1.807, 2.05) is 0 Å². The van der Waals surface area contributed by atoms with Crippen LogP contribution in [0.3, 0.4) is 0 Å². The van der Waals surface area contributed by atoms with Crippen molar-refractivity contribution in [3.05, 3.63) is 0 Å². The zero-order chi connectivity index (χ0) is 20.8. The van der Waals surface area contributed by atoms with Crippen LogP contribution in [0, 0.1) is 11.3 Å². The normalized spacial score (nSPS) is 22.8. The molecule has 0 N–H and O–H groups in total. The van der Waals surface area contributed by atoms with Crippen LogP contribution in [0.1, 0.15) is 120 Å². The fourth-order valence-electron chi connectivity index (χ4n) is 4.28. The summed E-state index contributed by atoms with van der Waals surface area (Å²) in [6.07, 6.45) is 8.33. The summed E-state index contributed by atoms with van der Waals surface area (Å²) >= 11 is 0. The first-order valence-electron chi connectivity index (χ1n) is 11.3. The third-order valence-corrected chi connectivity index (χ3v) is 7.34. The summed E-state index contributed by atoms with van der Waals surface area (Å²) in [7, 11) is 0. The van der Waals surface area contributed by atoms with E-state index in [0.717, 1.165) is 57.8 Å². The summed E-state index contributed by atoms with van der Waals surface area (Å²) in [5, 5.41) is 0. The Bertz CT molecular complexity index is 384. The Balaban J connectivity index is 3.03. The van der Waals surface area contributed by atoms with E-state index < -0.39 is 5.79 Å². The number of rotatable bonds is 12. The highest BCUT2D eigenvalue weighted by Gasteiger charge is 2.50. The smallest absolute Gasteiger partial charge is 0.227 e. The molecule has 0 aromatic rings. The number of hydrogen-bond donors (Lipinski definition) is 0. The molecule has 4 heteroatoms. The lowest BCUT2D eigenvalue weighted by Gasteiger charge is -2.47. The van der Waals surface area contributed by atoms with Crippen LogP contribution >= 0.6 is 0 Å². The minimum atomic E-state index is -0.842. The zero-order valence-corrected chi connectivity index (χ0v) is 19.6. The standard InChI is InChI=1S/C23H46O4/c1-10-21(11-2,12-3)24-26-23(17-16-20(8,9)18-19(23)7)27-25-22(13-4,14-5)15-6/h19H,10-18H2,1-9H3. The van der Waals surface area contributed by atoms with E-state index in [1.54, 1.807) is 0 Å². The molecule has 1 aliphatic carbocycles. The maximum absolute atomic E-state index is 6.20. The van der Waals surface area contributed by atoms with Gasteiger partial charge in [0.25, 0.3) is 0 Å². The molecule has 1 aliphatic rings. The second-order valence-corrected chi connectivity index (χ2v) is 9.40. The molecule has 1 unspecified atom stereocenters. The van der Waals surface area contributed by atoms with Crippen LogP contribution in [-0.4, -0.2) is 17.0 Å². The molecule has 27 heavy (non-hydrogen) atoms. The van der Waals surface area contributed by atoms with Gasteiger partial charge in [0, 0.05) is 12.3 Å². The molecule has 0 amide bonds. The summed E-state index contributed by atoms with van der Waals surface area (Å²) in [5.41, 5.74) is -0.245. The highest BCUT2D eigenvalue weighted by molar-refractivity contribution is 4.89. The van der Waals surface area contributed by atoms with Gasteiger partial charge in [0.05, 0.1) is 0 Å². The minimum absolute atomic E-state index is 0.188. The highest BCUT2D eigenvalue weighted by Crippen LogP contribution is 2.48. The lowest BCUT2D eigenvalue weighted by atomic mass is 9.70. The first kappa shape index (κ1) is 24.9. The SMILES string of the molecule is CCC(CC)(CC)OOC1(OOC(CC)(CC)CC)CCC(C)(C)CC1C. The van der Waals surface area contributed by atoms with Gasteiger partial charge < -0.3 is 0 Å². The second kappa shape index (κ2) is 10.0. The van der Waals surface area contributed by atoms with Gasteiger partial charge in [0.2, 0.25) is 5.79 Å². The van der Waals surface area contributed by atoms with E-state index in [9.17, 15) is 0 Å². The van der Waals surface area contributed by atoms with Gasteiger partial charge in [-0.25, -0.2) is 9.78 Å².